The SMILES string of the molecule is O=C(Cc1ccc(Cl)cc1Cl)Nc1nc(-c2ccc(F)cc2)cs1. The van der Waals surface area contributed by atoms with Gasteiger partial charge in [0.25, 0.3) is 0 Å². The summed E-state index contributed by atoms with van der Waals surface area (Å²) in [5.41, 5.74) is 2.16. The number of thiazole rings is 1. The van der Waals surface area contributed by atoms with Crippen LogP contribution in [0.3, 0.4) is 0 Å². The lowest BCUT2D eigenvalue weighted by molar-refractivity contribution is -0.115. The second-order valence-corrected chi connectivity index (χ2v) is 6.71. The fraction of sp³-hybridized carbons (Fsp3) is 0.0588. The van der Waals surface area contributed by atoms with E-state index in [0.29, 0.717) is 26.4 Å². The smallest absolute Gasteiger partial charge is 0.230 e. The Bertz CT molecular complexity index is 881. The van der Waals surface area contributed by atoms with Crippen LogP contribution in [0.4, 0.5) is 9.52 Å². The van der Waals surface area contributed by atoms with Crippen molar-refractivity contribution in [2.75, 3.05) is 5.32 Å². The van der Waals surface area contributed by atoms with E-state index in [2.05, 4.69) is 10.3 Å². The molecule has 0 aliphatic heterocycles. The second kappa shape index (κ2) is 7.30. The van der Waals surface area contributed by atoms with Gasteiger partial charge in [-0.1, -0.05) is 29.3 Å². The Balaban J connectivity index is 1.68. The van der Waals surface area contributed by atoms with Gasteiger partial charge in [0, 0.05) is 21.0 Å². The number of aromatic nitrogens is 1. The first-order valence-corrected chi connectivity index (χ1v) is 8.60. The third-order valence-corrected chi connectivity index (χ3v) is 4.60. The van der Waals surface area contributed by atoms with Gasteiger partial charge in [0.15, 0.2) is 5.13 Å². The van der Waals surface area contributed by atoms with Crippen LogP contribution in [0.2, 0.25) is 10.0 Å². The fourth-order valence-corrected chi connectivity index (χ4v) is 3.30. The van der Waals surface area contributed by atoms with E-state index in [1.54, 1.807) is 35.7 Å². The van der Waals surface area contributed by atoms with Crippen LogP contribution in [0.25, 0.3) is 11.3 Å². The highest BCUT2D eigenvalue weighted by Gasteiger charge is 2.11. The summed E-state index contributed by atoms with van der Waals surface area (Å²) in [5.74, 6) is -0.526. The summed E-state index contributed by atoms with van der Waals surface area (Å²) in [6, 6.07) is 11.0. The molecule has 0 fully saturated rings. The van der Waals surface area contributed by atoms with Crippen molar-refractivity contribution in [1.82, 2.24) is 4.98 Å². The molecular formula is C17H11Cl2FN2OS. The molecule has 2 aromatic carbocycles. The van der Waals surface area contributed by atoms with Crippen molar-refractivity contribution >= 4 is 45.6 Å². The third-order valence-electron chi connectivity index (χ3n) is 3.26. The van der Waals surface area contributed by atoms with Crippen molar-refractivity contribution in [3.05, 3.63) is 69.3 Å². The van der Waals surface area contributed by atoms with Crippen LogP contribution in [0, 0.1) is 5.82 Å². The van der Waals surface area contributed by atoms with Gasteiger partial charge in [-0.05, 0) is 42.0 Å². The molecule has 0 spiro atoms. The van der Waals surface area contributed by atoms with Crippen LogP contribution in [0.5, 0.6) is 0 Å². The maximum absolute atomic E-state index is 13.0. The van der Waals surface area contributed by atoms with Crippen molar-refractivity contribution in [2.24, 2.45) is 0 Å². The van der Waals surface area contributed by atoms with E-state index in [-0.39, 0.29) is 18.1 Å². The maximum Gasteiger partial charge on any atom is 0.230 e. The van der Waals surface area contributed by atoms with Crippen molar-refractivity contribution in [3.8, 4) is 11.3 Å². The quantitative estimate of drug-likeness (QED) is 0.654. The van der Waals surface area contributed by atoms with E-state index < -0.39 is 0 Å². The number of carbonyl (C=O) groups excluding carboxylic acids is 1. The van der Waals surface area contributed by atoms with Gasteiger partial charge in [-0.3, -0.25) is 4.79 Å². The molecule has 122 valence electrons. The average Bonchev–Trinajstić information content (AvgIpc) is 2.99. The van der Waals surface area contributed by atoms with E-state index >= 15 is 0 Å². The minimum Gasteiger partial charge on any atom is -0.302 e. The summed E-state index contributed by atoms with van der Waals surface area (Å²) in [6.07, 6.45) is 0.126. The van der Waals surface area contributed by atoms with Gasteiger partial charge in [-0.2, -0.15) is 0 Å². The molecule has 0 saturated heterocycles. The molecule has 3 nitrogen and oxygen atoms in total. The normalized spacial score (nSPS) is 10.6. The Hall–Kier alpha value is -1.95. The molecular weight excluding hydrogens is 370 g/mol. The monoisotopic (exact) mass is 380 g/mol. The summed E-state index contributed by atoms with van der Waals surface area (Å²) < 4.78 is 13.0. The first-order chi connectivity index (χ1) is 11.5. The summed E-state index contributed by atoms with van der Waals surface area (Å²) in [4.78, 5) is 16.5. The van der Waals surface area contributed by atoms with Gasteiger partial charge >= 0.3 is 0 Å². The molecule has 1 amide bonds. The van der Waals surface area contributed by atoms with Crippen LogP contribution >= 0.6 is 34.5 Å². The summed E-state index contributed by atoms with van der Waals surface area (Å²) >= 11 is 13.2. The standard InChI is InChI=1S/C17H11Cl2FN2OS/c18-12-4-1-11(14(19)8-12)7-16(23)22-17-21-15(9-24-17)10-2-5-13(20)6-3-10/h1-6,8-9H,7H2,(H,21,22,23). The molecule has 24 heavy (non-hydrogen) atoms. The largest absolute Gasteiger partial charge is 0.302 e. The zero-order valence-corrected chi connectivity index (χ0v) is 14.6. The molecule has 0 saturated carbocycles. The molecule has 7 heteroatoms. The minimum absolute atomic E-state index is 0.126. The van der Waals surface area contributed by atoms with Gasteiger partial charge in [-0.25, -0.2) is 9.37 Å². The molecule has 0 aliphatic carbocycles. The Kier molecular flexibility index (Phi) is 5.14. The Morgan fingerprint density at radius 2 is 1.92 bits per heavy atom. The van der Waals surface area contributed by atoms with Gasteiger partial charge in [0.05, 0.1) is 12.1 Å². The van der Waals surface area contributed by atoms with Gasteiger partial charge < -0.3 is 5.32 Å². The lowest BCUT2D eigenvalue weighted by atomic mass is 10.1. The number of hydrogen-bond donors (Lipinski definition) is 1. The number of rotatable bonds is 4. The number of anilines is 1. The van der Waals surface area contributed by atoms with E-state index in [9.17, 15) is 9.18 Å². The highest BCUT2D eigenvalue weighted by molar-refractivity contribution is 7.14. The first kappa shape index (κ1) is 16.9. The van der Waals surface area contributed by atoms with Gasteiger partial charge in [-0.15, -0.1) is 11.3 Å². The molecule has 0 bridgehead atoms. The zero-order chi connectivity index (χ0) is 17.1. The lowest BCUT2D eigenvalue weighted by Gasteiger charge is -2.04. The third kappa shape index (κ3) is 4.12. The number of hydrogen-bond acceptors (Lipinski definition) is 3. The van der Waals surface area contributed by atoms with Crippen LogP contribution in [0.1, 0.15) is 5.56 Å². The minimum atomic E-state index is -0.303. The first-order valence-electron chi connectivity index (χ1n) is 6.96. The summed E-state index contributed by atoms with van der Waals surface area (Å²) in [7, 11) is 0. The van der Waals surface area contributed by atoms with Crippen molar-refractivity contribution in [1.29, 1.82) is 0 Å². The van der Waals surface area contributed by atoms with Crippen LogP contribution in [-0.2, 0) is 11.2 Å². The summed E-state index contributed by atoms with van der Waals surface area (Å²) in [5, 5.41) is 5.99. The molecule has 0 aliphatic rings. The topological polar surface area (TPSA) is 42.0 Å². The summed E-state index contributed by atoms with van der Waals surface area (Å²) in [6.45, 7) is 0. The highest BCUT2D eigenvalue weighted by atomic mass is 35.5. The number of nitrogens with one attached hydrogen (secondary N) is 1. The average molecular weight is 381 g/mol. The molecule has 3 aromatic rings. The van der Waals surface area contributed by atoms with Crippen LogP contribution in [0.15, 0.2) is 47.8 Å². The van der Waals surface area contributed by atoms with Gasteiger partial charge in [0.2, 0.25) is 5.91 Å². The van der Waals surface area contributed by atoms with E-state index in [4.69, 9.17) is 23.2 Å². The van der Waals surface area contributed by atoms with E-state index in [0.717, 1.165) is 5.56 Å². The molecule has 1 heterocycles. The van der Waals surface area contributed by atoms with Crippen molar-refractivity contribution < 1.29 is 9.18 Å². The van der Waals surface area contributed by atoms with Crippen LogP contribution in [-0.4, -0.2) is 10.9 Å². The Morgan fingerprint density at radius 3 is 2.62 bits per heavy atom. The maximum atomic E-state index is 13.0. The number of benzene rings is 2. The second-order valence-electron chi connectivity index (χ2n) is 5.01. The Labute approximate surface area is 152 Å². The predicted octanol–water partition coefficient (Wildman–Crippen LogP) is 5.44. The molecule has 3 rings (SSSR count). The van der Waals surface area contributed by atoms with E-state index in [1.807, 2.05) is 0 Å². The zero-order valence-electron chi connectivity index (χ0n) is 12.2. The van der Waals surface area contributed by atoms with Crippen LogP contribution < -0.4 is 5.32 Å². The predicted molar refractivity (Wildman–Crippen MR) is 96.3 cm³/mol. The molecule has 0 radical (unpaired) electrons. The number of nitrogens with zero attached hydrogens (tertiary/aromatic N) is 1. The molecule has 1 aromatic heterocycles. The molecule has 0 atom stereocenters. The highest BCUT2D eigenvalue weighted by Crippen LogP contribution is 2.26. The fourth-order valence-electron chi connectivity index (χ4n) is 2.09. The Morgan fingerprint density at radius 1 is 1.17 bits per heavy atom. The molecule has 1 N–H and O–H groups in total. The molecule has 0 unspecified atom stereocenters. The lowest BCUT2D eigenvalue weighted by Crippen LogP contribution is -2.14. The van der Waals surface area contributed by atoms with E-state index in [1.165, 1.54) is 23.5 Å². The van der Waals surface area contributed by atoms with Gasteiger partial charge in [0.1, 0.15) is 5.82 Å². The number of amides is 1. The number of halogens is 3. The number of carbonyl (C=O) groups is 1. The van der Waals surface area contributed by atoms with Crippen molar-refractivity contribution in [2.45, 2.75) is 6.42 Å². The van der Waals surface area contributed by atoms with Crippen molar-refractivity contribution in [3.63, 3.8) is 0 Å².